The number of hydrogen-bond acceptors (Lipinski definition) is 6. The van der Waals surface area contributed by atoms with Crippen molar-refractivity contribution in [3.8, 4) is 33.8 Å². The Morgan fingerprint density at radius 2 is 1.92 bits per heavy atom. The summed E-state index contributed by atoms with van der Waals surface area (Å²) in [4.78, 5) is 18.8. The fraction of sp³-hybridized carbons (Fsp3) is 0.185. The third-order valence-corrected chi connectivity index (χ3v) is 6.79. The first kappa shape index (κ1) is 21.8. The van der Waals surface area contributed by atoms with E-state index in [0.29, 0.717) is 24.3 Å². The molecule has 7 rings (SSSR count). The van der Waals surface area contributed by atoms with Crippen molar-refractivity contribution in [1.82, 2.24) is 35.0 Å². The molecule has 184 valence electrons. The highest BCUT2D eigenvalue weighted by Crippen LogP contribution is 2.34. The molecule has 7 heterocycles. The van der Waals surface area contributed by atoms with Crippen LogP contribution < -0.4 is 0 Å². The molecule has 0 bridgehead atoms. The number of hydrogen-bond donors (Lipinski definition) is 2. The third kappa shape index (κ3) is 3.95. The number of aromatic nitrogens is 6. The monoisotopic (exact) mass is 497 g/mol. The second-order valence-electron chi connectivity index (χ2n) is 9.41. The summed E-state index contributed by atoms with van der Waals surface area (Å²) in [5, 5.41) is 8.60. The zero-order valence-electron chi connectivity index (χ0n) is 19.6. The number of H-pyrrole nitrogens is 2. The molecule has 0 spiro atoms. The molecule has 0 aromatic carbocycles. The summed E-state index contributed by atoms with van der Waals surface area (Å²) in [5.41, 5.74) is 8.22. The van der Waals surface area contributed by atoms with Crippen LogP contribution in [0.2, 0.25) is 0 Å². The first-order chi connectivity index (χ1) is 18.0. The lowest BCUT2D eigenvalue weighted by Gasteiger charge is -2.15. The summed E-state index contributed by atoms with van der Waals surface area (Å²) in [6.45, 7) is 0.585. The SMILES string of the molecule is FC1(F)CCN(Cc2cncc(-c3ccc4[nH]nc(-c5cc6c(-c7ccoc7)cncc6[nH]5)c4n3)c2)C1. The molecule has 0 atom stereocenters. The van der Waals surface area contributed by atoms with Crippen LogP contribution in [0.4, 0.5) is 8.78 Å². The molecule has 0 amide bonds. The molecule has 1 saturated heterocycles. The topological polar surface area (TPSA) is 99.5 Å². The molecule has 0 radical (unpaired) electrons. The average molecular weight is 498 g/mol. The molecule has 1 aliphatic heterocycles. The number of pyridine rings is 3. The highest BCUT2D eigenvalue weighted by molar-refractivity contribution is 5.99. The standard InChI is InChI=1S/C27H21F2N7O/c28-27(29)4-5-36(15-27)13-16-7-18(10-30-9-16)21-1-2-22-25(33-21)26(35-34-22)23-8-19-20(17-3-6-37-14-17)11-31-12-24(19)32-23/h1-3,6-12,14,32H,4-5,13,15H2,(H,34,35). The Kier molecular flexibility index (Phi) is 4.90. The number of rotatable bonds is 5. The molecule has 37 heavy (non-hydrogen) atoms. The summed E-state index contributed by atoms with van der Waals surface area (Å²) < 4.78 is 32.5. The van der Waals surface area contributed by atoms with E-state index in [-0.39, 0.29) is 13.0 Å². The largest absolute Gasteiger partial charge is 0.472 e. The number of alkyl halides is 2. The molecule has 0 saturated carbocycles. The Labute approximate surface area is 209 Å². The maximum absolute atomic E-state index is 13.6. The van der Waals surface area contributed by atoms with Gasteiger partial charge in [0.1, 0.15) is 11.2 Å². The highest BCUT2D eigenvalue weighted by Gasteiger charge is 2.37. The number of furan rings is 1. The zero-order valence-corrected chi connectivity index (χ0v) is 19.6. The van der Waals surface area contributed by atoms with Crippen LogP contribution >= 0.6 is 0 Å². The predicted molar refractivity (Wildman–Crippen MR) is 135 cm³/mol. The fourth-order valence-corrected chi connectivity index (χ4v) is 4.99. The number of fused-ring (bicyclic) bond motifs is 2. The van der Waals surface area contributed by atoms with Gasteiger partial charge in [-0.15, -0.1) is 0 Å². The van der Waals surface area contributed by atoms with Crippen LogP contribution in [-0.4, -0.2) is 54.0 Å². The van der Waals surface area contributed by atoms with E-state index in [0.717, 1.165) is 50.1 Å². The summed E-state index contributed by atoms with van der Waals surface area (Å²) in [5.74, 6) is -2.62. The lowest BCUT2D eigenvalue weighted by Crippen LogP contribution is -2.24. The zero-order chi connectivity index (χ0) is 25.0. The molecule has 0 aliphatic carbocycles. The Hall–Kier alpha value is -4.44. The highest BCUT2D eigenvalue weighted by atomic mass is 19.3. The van der Waals surface area contributed by atoms with E-state index in [1.807, 2.05) is 36.5 Å². The van der Waals surface area contributed by atoms with E-state index in [4.69, 9.17) is 9.40 Å². The molecule has 2 N–H and O–H groups in total. The lowest BCUT2D eigenvalue weighted by atomic mass is 10.1. The number of likely N-dealkylation sites (tertiary alicyclic amines) is 1. The van der Waals surface area contributed by atoms with Gasteiger partial charge in [-0.25, -0.2) is 13.8 Å². The Morgan fingerprint density at radius 1 is 1.00 bits per heavy atom. The van der Waals surface area contributed by atoms with Gasteiger partial charge in [0.25, 0.3) is 5.92 Å². The molecular formula is C27H21F2N7O. The van der Waals surface area contributed by atoms with Crippen molar-refractivity contribution in [3.63, 3.8) is 0 Å². The predicted octanol–water partition coefficient (Wildman–Crippen LogP) is 5.66. The van der Waals surface area contributed by atoms with Crippen molar-refractivity contribution in [2.45, 2.75) is 18.9 Å². The first-order valence-corrected chi connectivity index (χ1v) is 11.9. The molecule has 8 nitrogen and oxygen atoms in total. The van der Waals surface area contributed by atoms with E-state index in [9.17, 15) is 8.78 Å². The normalized spacial score (nSPS) is 15.7. The van der Waals surface area contributed by atoms with Crippen LogP contribution in [0.15, 0.2) is 72.1 Å². The Balaban J connectivity index is 1.24. The van der Waals surface area contributed by atoms with Crippen molar-refractivity contribution in [3.05, 3.63) is 73.2 Å². The van der Waals surface area contributed by atoms with Crippen LogP contribution in [0.25, 0.3) is 55.7 Å². The van der Waals surface area contributed by atoms with Gasteiger partial charge >= 0.3 is 0 Å². The molecule has 10 heteroatoms. The molecule has 1 aliphatic rings. The number of halogens is 2. The molecular weight excluding hydrogens is 476 g/mol. The minimum Gasteiger partial charge on any atom is -0.472 e. The Morgan fingerprint density at radius 3 is 2.76 bits per heavy atom. The van der Waals surface area contributed by atoms with Crippen LogP contribution in [0.3, 0.4) is 0 Å². The van der Waals surface area contributed by atoms with Crippen LogP contribution in [0.5, 0.6) is 0 Å². The summed E-state index contributed by atoms with van der Waals surface area (Å²) in [6.07, 6.45) is 10.3. The Bertz CT molecular complexity index is 1740. The molecule has 6 aromatic heterocycles. The van der Waals surface area contributed by atoms with E-state index in [1.54, 1.807) is 36.0 Å². The van der Waals surface area contributed by atoms with E-state index < -0.39 is 5.92 Å². The minimum atomic E-state index is -2.62. The van der Waals surface area contributed by atoms with E-state index >= 15 is 0 Å². The van der Waals surface area contributed by atoms with Gasteiger partial charge in [0, 0.05) is 60.2 Å². The van der Waals surface area contributed by atoms with E-state index in [2.05, 4.69) is 25.1 Å². The van der Waals surface area contributed by atoms with Gasteiger partial charge in [0.2, 0.25) is 0 Å². The van der Waals surface area contributed by atoms with Gasteiger partial charge in [-0.1, -0.05) is 0 Å². The van der Waals surface area contributed by atoms with Gasteiger partial charge in [-0.2, -0.15) is 5.10 Å². The molecule has 1 fully saturated rings. The minimum absolute atomic E-state index is 0.102. The van der Waals surface area contributed by atoms with E-state index in [1.165, 1.54) is 0 Å². The van der Waals surface area contributed by atoms with Crippen molar-refractivity contribution in [2.24, 2.45) is 0 Å². The van der Waals surface area contributed by atoms with Crippen molar-refractivity contribution < 1.29 is 13.2 Å². The lowest BCUT2D eigenvalue weighted by molar-refractivity contribution is 0.0115. The number of nitrogens with zero attached hydrogens (tertiary/aromatic N) is 5. The van der Waals surface area contributed by atoms with Crippen LogP contribution in [0.1, 0.15) is 12.0 Å². The quantitative estimate of drug-likeness (QED) is 0.319. The summed E-state index contributed by atoms with van der Waals surface area (Å²) >= 11 is 0. The number of nitrogens with one attached hydrogen (secondary N) is 2. The van der Waals surface area contributed by atoms with Crippen LogP contribution in [-0.2, 0) is 6.54 Å². The van der Waals surface area contributed by atoms with Crippen molar-refractivity contribution in [1.29, 1.82) is 0 Å². The molecule has 6 aromatic rings. The average Bonchev–Trinajstić information content (AvgIpc) is 3.69. The van der Waals surface area contributed by atoms with Gasteiger partial charge in [-0.3, -0.25) is 20.0 Å². The van der Waals surface area contributed by atoms with Gasteiger partial charge in [0.05, 0.1) is 47.7 Å². The third-order valence-electron chi connectivity index (χ3n) is 6.79. The van der Waals surface area contributed by atoms with Crippen molar-refractivity contribution >= 4 is 21.9 Å². The smallest absolute Gasteiger partial charge is 0.261 e. The second kappa shape index (κ2) is 8.31. The maximum atomic E-state index is 13.6. The number of aromatic amines is 2. The van der Waals surface area contributed by atoms with Gasteiger partial charge < -0.3 is 9.40 Å². The fourth-order valence-electron chi connectivity index (χ4n) is 4.99. The van der Waals surface area contributed by atoms with Crippen molar-refractivity contribution in [2.75, 3.05) is 13.1 Å². The maximum Gasteiger partial charge on any atom is 0.261 e. The van der Waals surface area contributed by atoms with Gasteiger partial charge in [0.15, 0.2) is 0 Å². The van der Waals surface area contributed by atoms with Crippen LogP contribution in [0, 0.1) is 0 Å². The second-order valence-corrected chi connectivity index (χ2v) is 9.41. The summed E-state index contributed by atoms with van der Waals surface area (Å²) in [7, 11) is 0. The summed E-state index contributed by atoms with van der Waals surface area (Å²) in [6, 6.07) is 9.74. The molecule has 0 unspecified atom stereocenters. The van der Waals surface area contributed by atoms with Gasteiger partial charge in [-0.05, 0) is 35.9 Å². The first-order valence-electron chi connectivity index (χ1n) is 11.9.